The maximum absolute atomic E-state index is 12.4. The Balaban J connectivity index is 2.23. The van der Waals surface area contributed by atoms with Gasteiger partial charge in [0, 0.05) is 11.1 Å². The number of hydrogen-bond donors (Lipinski definition) is 0. The fourth-order valence-corrected chi connectivity index (χ4v) is 3.36. The quantitative estimate of drug-likeness (QED) is 0.480. The number of ether oxygens (including phenoxy) is 1. The monoisotopic (exact) mass is 388 g/mol. The van der Waals surface area contributed by atoms with Gasteiger partial charge >= 0.3 is 10.1 Å². The van der Waals surface area contributed by atoms with Crippen molar-refractivity contribution >= 4 is 33.3 Å². The molecule has 0 fully saturated rings. The van der Waals surface area contributed by atoms with Crippen LogP contribution in [0.5, 0.6) is 11.5 Å². The molecule has 0 bridgehead atoms. The molecule has 0 heterocycles. The molecule has 2 aromatic rings. The van der Waals surface area contributed by atoms with Crippen molar-refractivity contribution in [2.45, 2.75) is 31.6 Å². The molecular weight excluding hydrogens is 371 g/mol. The first kappa shape index (κ1) is 18.9. The topological polar surface area (TPSA) is 52.6 Å². The maximum Gasteiger partial charge on any atom is 0.339 e. The number of aryl methyl sites for hydroxylation is 1. The van der Waals surface area contributed by atoms with E-state index in [4.69, 9.17) is 32.1 Å². The van der Waals surface area contributed by atoms with Gasteiger partial charge in [0.25, 0.3) is 0 Å². The van der Waals surface area contributed by atoms with Crippen LogP contribution in [-0.4, -0.2) is 15.0 Å². The standard InChI is InChI=1S/C17H18Cl2O4S/c1-3-4-9-22-16-8-6-14(10-12(16)2)24(20,21)23-17-11-13(18)5-7-15(17)19/h5-8,10-11H,3-4,9H2,1-2H3. The Bertz CT molecular complexity index is 819. The van der Waals surface area contributed by atoms with E-state index in [-0.39, 0.29) is 15.7 Å². The lowest BCUT2D eigenvalue weighted by atomic mass is 10.2. The van der Waals surface area contributed by atoms with Crippen molar-refractivity contribution in [3.8, 4) is 11.5 Å². The predicted octanol–water partition coefficient (Wildman–Crippen LogP) is 5.25. The van der Waals surface area contributed by atoms with Crippen LogP contribution in [0.4, 0.5) is 0 Å². The van der Waals surface area contributed by atoms with E-state index in [0.29, 0.717) is 22.9 Å². The van der Waals surface area contributed by atoms with Gasteiger partial charge in [0.15, 0.2) is 5.75 Å². The van der Waals surface area contributed by atoms with Gasteiger partial charge in [0.05, 0.1) is 11.6 Å². The van der Waals surface area contributed by atoms with Crippen LogP contribution in [0.1, 0.15) is 25.3 Å². The molecule has 7 heteroatoms. The smallest absolute Gasteiger partial charge is 0.339 e. The fourth-order valence-electron chi connectivity index (χ4n) is 1.97. The van der Waals surface area contributed by atoms with E-state index in [0.717, 1.165) is 12.8 Å². The third-order valence-electron chi connectivity index (χ3n) is 3.28. The summed E-state index contributed by atoms with van der Waals surface area (Å²) in [6.07, 6.45) is 1.97. The van der Waals surface area contributed by atoms with E-state index in [1.54, 1.807) is 19.1 Å². The number of benzene rings is 2. The van der Waals surface area contributed by atoms with E-state index in [9.17, 15) is 8.42 Å². The number of halogens is 2. The first-order chi connectivity index (χ1) is 11.3. The molecule has 0 N–H and O–H groups in total. The minimum atomic E-state index is -4.02. The first-order valence-electron chi connectivity index (χ1n) is 7.46. The second-order valence-electron chi connectivity index (χ2n) is 5.24. The molecule has 130 valence electrons. The van der Waals surface area contributed by atoms with Crippen molar-refractivity contribution < 1.29 is 17.3 Å². The van der Waals surface area contributed by atoms with Crippen LogP contribution in [0.2, 0.25) is 10.0 Å². The van der Waals surface area contributed by atoms with Crippen LogP contribution in [-0.2, 0) is 10.1 Å². The molecule has 0 atom stereocenters. The van der Waals surface area contributed by atoms with Crippen molar-refractivity contribution in [2.24, 2.45) is 0 Å². The molecule has 0 aliphatic rings. The normalized spacial score (nSPS) is 11.3. The van der Waals surface area contributed by atoms with Crippen LogP contribution in [0.25, 0.3) is 0 Å². The molecule has 0 aliphatic heterocycles. The number of unbranched alkanes of at least 4 members (excludes halogenated alkanes) is 1. The van der Waals surface area contributed by atoms with Crippen molar-refractivity contribution in [3.63, 3.8) is 0 Å². The zero-order valence-corrected chi connectivity index (χ0v) is 15.7. The van der Waals surface area contributed by atoms with Gasteiger partial charge in [0.1, 0.15) is 10.6 Å². The van der Waals surface area contributed by atoms with Gasteiger partial charge in [-0.3, -0.25) is 0 Å². The largest absolute Gasteiger partial charge is 0.493 e. The zero-order valence-electron chi connectivity index (χ0n) is 13.4. The fraction of sp³-hybridized carbons (Fsp3) is 0.294. The highest BCUT2D eigenvalue weighted by molar-refractivity contribution is 7.87. The molecule has 2 aromatic carbocycles. The molecule has 0 amide bonds. The zero-order chi connectivity index (χ0) is 17.7. The molecule has 2 rings (SSSR count). The summed E-state index contributed by atoms with van der Waals surface area (Å²) in [6.45, 7) is 4.45. The highest BCUT2D eigenvalue weighted by atomic mass is 35.5. The molecular formula is C17H18Cl2O4S. The maximum atomic E-state index is 12.4. The molecule has 0 saturated heterocycles. The van der Waals surface area contributed by atoms with Gasteiger partial charge in [-0.2, -0.15) is 8.42 Å². The number of hydrogen-bond acceptors (Lipinski definition) is 4. The Kier molecular flexibility index (Phi) is 6.38. The van der Waals surface area contributed by atoms with Crippen molar-refractivity contribution in [2.75, 3.05) is 6.61 Å². The Morgan fingerprint density at radius 1 is 1.04 bits per heavy atom. The third-order valence-corrected chi connectivity index (χ3v) is 5.06. The Morgan fingerprint density at radius 2 is 1.79 bits per heavy atom. The van der Waals surface area contributed by atoms with Gasteiger partial charge in [-0.25, -0.2) is 0 Å². The summed E-state index contributed by atoms with van der Waals surface area (Å²) in [5.41, 5.74) is 0.716. The summed E-state index contributed by atoms with van der Waals surface area (Å²) in [7, 11) is -4.02. The summed E-state index contributed by atoms with van der Waals surface area (Å²) < 4.78 is 35.6. The van der Waals surface area contributed by atoms with Crippen LogP contribution in [0, 0.1) is 6.92 Å². The summed E-state index contributed by atoms with van der Waals surface area (Å²) in [6, 6.07) is 8.97. The predicted molar refractivity (Wildman–Crippen MR) is 95.9 cm³/mol. The minimum absolute atomic E-state index is 0.00917. The average molecular weight is 389 g/mol. The average Bonchev–Trinajstić information content (AvgIpc) is 2.52. The van der Waals surface area contributed by atoms with E-state index in [2.05, 4.69) is 6.92 Å². The van der Waals surface area contributed by atoms with E-state index in [1.165, 1.54) is 24.3 Å². The summed E-state index contributed by atoms with van der Waals surface area (Å²) in [5, 5.41) is 0.500. The number of rotatable bonds is 7. The van der Waals surface area contributed by atoms with Gasteiger partial charge in [0.2, 0.25) is 0 Å². The molecule has 4 nitrogen and oxygen atoms in total. The molecule has 0 unspecified atom stereocenters. The highest BCUT2D eigenvalue weighted by Gasteiger charge is 2.19. The molecule has 0 aromatic heterocycles. The van der Waals surface area contributed by atoms with Crippen molar-refractivity contribution in [3.05, 3.63) is 52.0 Å². The summed E-state index contributed by atoms with van der Waals surface area (Å²) in [5.74, 6) is 0.647. The van der Waals surface area contributed by atoms with E-state index >= 15 is 0 Å². The Hall–Kier alpha value is -1.43. The van der Waals surface area contributed by atoms with Gasteiger partial charge in [-0.15, -0.1) is 0 Å². The van der Waals surface area contributed by atoms with Crippen LogP contribution >= 0.6 is 23.2 Å². The highest BCUT2D eigenvalue weighted by Crippen LogP contribution is 2.31. The second-order valence-corrected chi connectivity index (χ2v) is 7.63. The first-order valence-corrected chi connectivity index (χ1v) is 9.63. The lowest BCUT2D eigenvalue weighted by Crippen LogP contribution is -2.10. The van der Waals surface area contributed by atoms with Crippen LogP contribution in [0.3, 0.4) is 0 Å². The van der Waals surface area contributed by atoms with E-state index < -0.39 is 10.1 Å². The van der Waals surface area contributed by atoms with Gasteiger partial charge in [-0.1, -0.05) is 36.5 Å². The van der Waals surface area contributed by atoms with Crippen LogP contribution < -0.4 is 8.92 Å². The molecule has 0 aliphatic carbocycles. The van der Waals surface area contributed by atoms with Crippen molar-refractivity contribution in [1.29, 1.82) is 0 Å². The van der Waals surface area contributed by atoms with Gasteiger partial charge < -0.3 is 8.92 Å². The van der Waals surface area contributed by atoms with E-state index in [1.807, 2.05) is 0 Å². The molecule has 0 spiro atoms. The lowest BCUT2D eigenvalue weighted by molar-refractivity contribution is 0.307. The lowest BCUT2D eigenvalue weighted by Gasteiger charge is -2.12. The van der Waals surface area contributed by atoms with Crippen LogP contribution in [0.15, 0.2) is 41.3 Å². The minimum Gasteiger partial charge on any atom is -0.493 e. The molecule has 0 saturated carbocycles. The molecule has 0 radical (unpaired) electrons. The Morgan fingerprint density at radius 3 is 2.46 bits per heavy atom. The van der Waals surface area contributed by atoms with Gasteiger partial charge in [-0.05, 0) is 49.2 Å². The SMILES string of the molecule is CCCCOc1ccc(S(=O)(=O)Oc2cc(Cl)ccc2Cl)cc1C. The third kappa shape index (κ3) is 4.79. The summed E-state index contributed by atoms with van der Waals surface area (Å²) >= 11 is 11.8. The Labute approximate surface area is 152 Å². The van der Waals surface area contributed by atoms with Crippen molar-refractivity contribution in [1.82, 2.24) is 0 Å². The molecule has 24 heavy (non-hydrogen) atoms. The summed E-state index contributed by atoms with van der Waals surface area (Å²) in [4.78, 5) is 0.0267. The second kappa shape index (κ2) is 8.10.